The molecule has 248 valence electrons. The second-order valence-electron chi connectivity index (χ2n) is 11.8. The van der Waals surface area contributed by atoms with Crippen molar-refractivity contribution in [1.82, 2.24) is 5.32 Å². The molecule has 3 rings (SSSR count). The Morgan fingerprint density at radius 1 is 1.05 bits per heavy atom. The minimum Gasteiger partial charge on any atom is -0.493 e. The highest BCUT2D eigenvalue weighted by Gasteiger charge is 2.20. The van der Waals surface area contributed by atoms with E-state index in [2.05, 4.69) is 68.4 Å². The molecule has 0 amide bonds. The van der Waals surface area contributed by atoms with Crippen molar-refractivity contribution in [2.45, 2.75) is 150 Å². The number of alkyl halides is 1. The van der Waals surface area contributed by atoms with Gasteiger partial charge in [0.05, 0.1) is 12.8 Å². The molecule has 3 aliphatic carbocycles. The van der Waals surface area contributed by atoms with E-state index in [-0.39, 0.29) is 0 Å². The molecule has 1 N–H and O–H groups in total. The Kier molecular flexibility index (Phi) is 27.5. The van der Waals surface area contributed by atoms with Crippen molar-refractivity contribution in [2.24, 2.45) is 17.8 Å². The molecule has 0 saturated heterocycles. The highest BCUT2D eigenvalue weighted by atomic mass is 19.1. The maximum atomic E-state index is 12.1. The van der Waals surface area contributed by atoms with Crippen LogP contribution in [0.15, 0.2) is 60.9 Å². The molecule has 0 aromatic carbocycles. The van der Waals surface area contributed by atoms with Crippen molar-refractivity contribution in [3.63, 3.8) is 0 Å². The Morgan fingerprint density at radius 3 is 2.30 bits per heavy atom. The Balaban J connectivity index is 0.000000666. The van der Waals surface area contributed by atoms with Gasteiger partial charge in [-0.1, -0.05) is 96.8 Å². The normalized spacial score (nSPS) is 20.6. The average Bonchev–Trinajstić information content (AvgIpc) is 3.07. The smallest absolute Gasteiger partial charge is 0.135 e. The first-order valence-corrected chi connectivity index (χ1v) is 17.8. The lowest BCUT2D eigenvalue weighted by Crippen LogP contribution is -2.26. The van der Waals surface area contributed by atoms with E-state index in [1.807, 2.05) is 33.8 Å². The first-order chi connectivity index (χ1) is 21.0. The Labute approximate surface area is 266 Å². The first-order valence-electron chi connectivity index (χ1n) is 17.8. The van der Waals surface area contributed by atoms with Crippen molar-refractivity contribution in [3.8, 4) is 0 Å². The number of carbonyl (C=O) groups is 1. The molecule has 0 aliphatic heterocycles. The van der Waals surface area contributed by atoms with E-state index in [0.717, 1.165) is 76.6 Å². The molecule has 43 heavy (non-hydrogen) atoms. The minimum atomic E-state index is -0.551. The van der Waals surface area contributed by atoms with Crippen molar-refractivity contribution in [3.05, 3.63) is 60.9 Å². The second kappa shape index (κ2) is 28.8. The molecule has 3 nitrogen and oxygen atoms in total. The first kappa shape index (κ1) is 41.1. The largest absolute Gasteiger partial charge is 0.493 e. The Morgan fingerprint density at radius 2 is 1.79 bits per heavy atom. The average molecular weight is 602 g/mol. The van der Waals surface area contributed by atoms with Gasteiger partial charge in [0.25, 0.3) is 0 Å². The minimum absolute atomic E-state index is 0.410. The molecule has 1 fully saturated rings. The van der Waals surface area contributed by atoms with Gasteiger partial charge in [-0.25, -0.2) is 4.39 Å². The molecule has 0 bridgehead atoms. The summed E-state index contributed by atoms with van der Waals surface area (Å²) in [6.07, 6.45) is 33.9. The van der Waals surface area contributed by atoms with Crippen LogP contribution in [0.5, 0.6) is 0 Å². The van der Waals surface area contributed by atoms with Crippen LogP contribution in [0.2, 0.25) is 0 Å². The van der Waals surface area contributed by atoms with Crippen LogP contribution in [-0.4, -0.2) is 31.7 Å². The predicted molar refractivity (Wildman–Crippen MR) is 187 cm³/mol. The lowest BCUT2D eigenvalue weighted by atomic mass is 9.84. The zero-order chi connectivity index (χ0) is 32.1. The van der Waals surface area contributed by atoms with Crippen molar-refractivity contribution in [2.75, 3.05) is 13.7 Å². The van der Waals surface area contributed by atoms with Gasteiger partial charge >= 0.3 is 0 Å². The maximum Gasteiger partial charge on any atom is 0.135 e. The van der Waals surface area contributed by atoms with Gasteiger partial charge in [0.15, 0.2) is 0 Å². The topological polar surface area (TPSA) is 38.3 Å². The summed E-state index contributed by atoms with van der Waals surface area (Å²) in [7, 11) is 2.05. The van der Waals surface area contributed by atoms with Crippen LogP contribution in [0, 0.1) is 17.8 Å². The summed E-state index contributed by atoms with van der Waals surface area (Å²) in [5.41, 5.74) is 0. The molecule has 0 aromatic rings. The quantitative estimate of drug-likeness (QED) is 0.141. The number of halogens is 1. The number of unbranched alkanes of at least 4 members (excludes halogenated alkanes) is 2. The fraction of sp³-hybridized carbons (Fsp3) is 0.718. The SMILES string of the molecule is C=CCCCCC(=O)C1CCCCC1.CC.CCC(CC1C=CC(OCC2C=CC=CC2)=CC1)NC.CCCC(F)CC. The van der Waals surface area contributed by atoms with E-state index in [9.17, 15) is 9.18 Å². The molecule has 0 heterocycles. The zero-order valence-electron chi connectivity index (χ0n) is 28.9. The summed E-state index contributed by atoms with van der Waals surface area (Å²) in [5, 5.41) is 3.38. The van der Waals surface area contributed by atoms with E-state index in [1.165, 1.54) is 32.1 Å². The van der Waals surface area contributed by atoms with Gasteiger partial charge in [-0.15, -0.1) is 6.58 Å². The lowest BCUT2D eigenvalue weighted by Gasteiger charge is -2.22. The van der Waals surface area contributed by atoms with Crippen LogP contribution in [0.1, 0.15) is 137 Å². The van der Waals surface area contributed by atoms with E-state index >= 15 is 0 Å². The number of rotatable bonds is 16. The standard InChI is InChI=1S/C18H27NO.C13H22O.C6H13F.C2H6/c1-3-17(19-2)13-15-9-11-18(12-10-15)20-14-16-7-5-4-6-8-16;1-2-3-4-8-11-13(14)12-9-6-5-7-10-12;1-3-5-6(7)4-2;1-2/h4-7,9,11-12,15-17,19H,3,8,10,13-14H2,1-2H3;2,12H,1,3-11H2;6H,3-5H2,1-2H3;1-2H3. The molecular weight excluding hydrogens is 533 g/mol. The number of hydrogen-bond acceptors (Lipinski definition) is 3. The van der Waals surface area contributed by atoms with Gasteiger partial charge in [0, 0.05) is 24.3 Å². The van der Waals surface area contributed by atoms with Crippen LogP contribution < -0.4 is 5.32 Å². The van der Waals surface area contributed by atoms with E-state index in [4.69, 9.17) is 4.74 Å². The van der Waals surface area contributed by atoms with Crippen LogP contribution in [-0.2, 0) is 9.53 Å². The van der Waals surface area contributed by atoms with E-state index in [1.54, 1.807) is 0 Å². The summed E-state index contributed by atoms with van der Waals surface area (Å²) in [5.74, 6) is 3.15. The third-order valence-corrected chi connectivity index (χ3v) is 8.36. The molecular formula is C39H68FNO2. The molecule has 0 radical (unpaired) electrons. The highest BCUT2D eigenvalue weighted by Crippen LogP contribution is 2.26. The number of carbonyl (C=O) groups excluding carboxylic acids is 1. The van der Waals surface area contributed by atoms with E-state index < -0.39 is 6.17 Å². The van der Waals surface area contributed by atoms with Crippen molar-refractivity contribution in [1.29, 1.82) is 0 Å². The number of ether oxygens (including phenoxy) is 1. The fourth-order valence-electron chi connectivity index (χ4n) is 5.47. The number of allylic oxidation sites excluding steroid dienone is 7. The Bertz CT molecular complexity index is 789. The van der Waals surface area contributed by atoms with E-state index in [0.29, 0.717) is 36.0 Å². The van der Waals surface area contributed by atoms with Gasteiger partial charge in [-0.05, 0) is 95.7 Å². The van der Waals surface area contributed by atoms with Gasteiger partial charge in [-0.3, -0.25) is 4.79 Å². The number of nitrogens with one attached hydrogen (secondary N) is 1. The molecule has 4 atom stereocenters. The lowest BCUT2D eigenvalue weighted by molar-refractivity contribution is -0.123. The molecule has 0 spiro atoms. The van der Waals surface area contributed by atoms with Crippen LogP contribution >= 0.6 is 0 Å². The van der Waals surface area contributed by atoms with Gasteiger partial charge in [-0.2, -0.15) is 0 Å². The summed E-state index contributed by atoms with van der Waals surface area (Å²) >= 11 is 0. The Hall–Kier alpha value is -1.94. The maximum absolute atomic E-state index is 12.1. The summed E-state index contributed by atoms with van der Waals surface area (Å²) in [6.45, 7) is 14.6. The molecule has 3 aliphatic rings. The third-order valence-electron chi connectivity index (χ3n) is 8.36. The van der Waals surface area contributed by atoms with Gasteiger partial charge in [0.2, 0.25) is 0 Å². The third kappa shape index (κ3) is 21.4. The number of Topliss-reactive ketones (excluding diaryl/α,β-unsaturated/α-hetero) is 1. The monoisotopic (exact) mass is 602 g/mol. The zero-order valence-corrected chi connectivity index (χ0v) is 28.9. The summed E-state index contributed by atoms with van der Waals surface area (Å²) in [6, 6.07) is 0.625. The summed E-state index contributed by atoms with van der Waals surface area (Å²) < 4.78 is 18.0. The fourth-order valence-corrected chi connectivity index (χ4v) is 5.47. The number of ketones is 1. The summed E-state index contributed by atoms with van der Waals surface area (Å²) in [4.78, 5) is 11.7. The molecule has 1 saturated carbocycles. The van der Waals surface area contributed by atoms with Crippen LogP contribution in [0.3, 0.4) is 0 Å². The van der Waals surface area contributed by atoms with Crippen molar-refractivity contribution < 1.29 is 13.9 Å². The highest BCUT2D eigenvalue weighted by molar-refractivity contribution is 5.80. The van der Waals surface area contributed by atoms with Crippen molar-refractivity contribution >= 4 is 5.78 Å². The number of hydrogen-bond donors (Lipinski definition) is 1. The van der Waals surface area contributed by atoms with Crippen LogP contribution in [0.4, 0.5) is 4.39 Å². The molecule has 0 aromatic heterocycles. The second-order valence-corrected chi connectivity index (χ2v) is 11.8. The molecule has 4 unspecified atom stereocenters. The van der Waals surface area contributed by atoms with Crippen LogP contribution in [0.25, 0.3) is 0 Å². The predicted octanol–water partition coefficient (Wildman–Crippen LogP) is 11.4. The molecule has 4 heteroatoms. The van der Waals surface area contributed by atoms with Gasteiger partial charge in [0.1, 0.15) is 11.5 Å². The van der Waals surface area contributed by atoms with Gasteiger partial charge < -0.3 is 10.1 Å².